The fourth-order valence-corrected chi connectivity index (χ4v) is 7.53. The van der Waals surface area contributed by atoms with Gasteiger partial charge in [0.2, 0.25) is 0 Å². The van der Waals surface area contributed by atoms with Gasteiger partial charge in [0.15, 0.2) is 0 Å². The van der Waals surface area contributed by atoms with Gasteiger partial charge in [-0.25, -0.2) is 0 Å². The number of nitrogens with zero attached hydrogens (tertiary/aromatic N) is 4. The maximum Gasteiger partial charge on any atom is 0.318 e. The first-order chi connectivity index (χ1) is 21.5. The molecule has 44 heavy (non-hydrogen) atoms. The molecule has 2 unspecified atom stereocenters. The van der Waals surface area contributed by atoms with Crippen molar-refractivity contribution in [2.75, 3.05) is 57.4 Å². The highest BCUT2D eigenvalue weighted by Gasteiger charge is 2.45. The third-order valence-electron chi connectivity index (χ3n) is 10.1. The van der Waals surface area contributed by atoms with E-state index in [9.17, 15) is 5.11 Å². The molecule has 4 fully saturated rings. The molecule has 3 saturated heterocycles. The predicted octanol–water partition coefficient (Wildman–Crippen LogP) is 4.88. The topological polar surface area (TPSA) is 83.0 Å². The lowest BCUT2D eigenvalue weighted by Crippen LogP contribution is -2.51. The van der Waals surface area contributed by atoms with Gasteiger partial charge in [-0.05, 0) is 85.0 Å². The van der Waals surface area contributed by atoms with Gasteiger partial charge in [0, 0.05) is 66.6 Å². The number of hydrogen-bond donors (Lipinski definition) is 2. The first-order valence-corrected chi connectivity index (χ1v) is 16.0. The summed E-state index contributed by atoms with van der Waals surface area (Å²) >= 11 is 0. The predicted molar refractivity (Wildman–Crippen MR) is 173 cm³/mol. The van der Waals surface area contributed by atoms with Crippen LogP contribution in [0.2, 0.25) is 0 Å². The molecule has 226 valence electrons. The van der Waals surface area contributed by atoms with Crippen LogP contribution in [-0.4, -0.2) is 84.6 Å². The molecule has 8 nitrogen and oxygen atoms in total. The van der Waals surface area contributed by atoms with Gasteiger partial charge in [-0.15, -0.1) is 6.42 Å². The number of hydrogen-bond acceptors (Lipinski definition) is 8. The Kier molecular flexibility index (Phi) is 6.86. The van der Waals surface area contributed by atoms with Crippen LogP contribution in [-0.2, 0) is 4.74 Å². The number of rotatable bonds is 7. The Labute approximate surface area is 258 Å². The third-order valence-corrected chi connectivity index (χ3v) is 10.1. The fourth-order valence-electron chi connectivity index (χ4n) is 7.53. The van der Waals surface area contributed by atoms with E-state index >= 15 is 0 Å². The number of phenolic OH excluding ortho intramolecular Hbond substituents is 1. The zero-order valence-electron chi connectivity index (χ0n) is 25.3. The molecule has 2 N–H and O–H groups in total. The largest absolute Gasteiger partial charge is 0.508 e. The number of anilines is 1. The Morgan fingerprint density at radius 1 is 1.07 bits per heavy atom. The van der Waals surface area contributed by atoms with Crippen molar-refractivity contribution in [1.29, 1.82) is 0 Å². The van der Waals surface area contributed by atoms with E-state index in [0.29, 0.717) is 24.7 Å². The van der Waals surface area contributed by atoms with Gasteiger partial charge in [0.1, 0.15) is 11.6 Å². The number of aryl methyl sites for hydroxylation is 1. The standard InChI is InChI=1S/C36H39N5O3/c1-3-24-5-4-6-25-16-28(42)17-30(33(24)25)29-18-32-31(15-23(29)2)34(41-19-26-7-8-27(20-41)37-26)39-35(38-32)44-22-36(9-10-36)21-40-11-13-43-14-12-40/h1,4-6,15-18,26-27,37,42H,7-14,19-22H2,2H3. The van der Waals surface area contributed by atoms with Gasteiger partial charge in [-0.3, -0.25) is 4.90 Å². The monoisotopic (exact) mass is 589 g/mol. The summed E-state index contributed by atoms with van der Waals surface area (Å²) in [6, 6.07) is 15.2. The normalized spacial score (nSPS) is 22.8. The van der Waals surface area contributed by atoms with E-state index in [1.807, 2.05) is 24.3 Å². The highest BCUT2D eigenvalue weighted by molar-refractivity contribution is 6.04. The van der Waals surface area contributed by atoms with Gasteiger partial charge in [0.05, 0.1) is 25.3 Å². The maximum absolute atomic E-state index is 10.7. The highest BCUT2D eigenvalue weighted by atomic mass is 16.5. The molecular formula is C36H39N5O3. The summed E-state index contributed by atoms with van der Waals surface area (Å²) in [6.07, 6.45) is 10.7. The minimum atomic E-state index is 0.161. The van der Waals surface area contributed by atoms with Crippen molar-refractivity contribution in [3.63, 3.8) is 0 Å². The van der Waals surface area contributed by atoms with Crippen molar-refractivity contribution >= 4 is 27.5 Å². The molecule has 1 aliphatic carbocycles. The highest BCUT2D eigenvalue weighted by Crippen LogP contribution is 2.47. The van der Waals surface area contributed by atoms with Crippen molar-refractivity contribution in [3.05, 3.63) is 53.6 Å². The number of morpholine rings is 1. The number of ether oxygens (including phenoxy) is 2. The van der Waals surface area contributed by atoms with Crippen LogP contribution in [0.3, 0.4) is 0 Å². The fraction of sp³-hybridized carbons (Fsp3) is 0.444. The first-order valence-electron chi connectivity index (χ1n) is 16.0. The Morgan fingerprint density at radius 2 is 1.86 bits per heavy atom. The average molecular weight is 590 g/mol. The molecule has 3 aromatic carbocycles. The number of piperazine rings is 1. The number of aromatic nitrogens is 2. The molecule has 4 heterocycles. The summed E-state index contributed by atoms with van der Waals surface area (Å²) in [5, 5.41) is 17.3. The zero-order valence-corrected chi connectivity index (χ0v) is 25.3. The summed E-state index contributed by atoms with van der Waals surface area (Å²) < 4.78 is 12.1. The second-order valence-electron chi connectivity index (χ2n) is 13.3. The minimum Gasteiger partial charge on any atom is -0.508 e. The van der Waals surface area contributed by atoms with Gasteiger partial charge < -0.3 is 24.8 Å². The van der Waals surface area contributed by atoms with Crippen LogP contribution in [0.5, 0.6) is 11.8 Å². The minimum absolute atomic E-state index is 0.161. The van der Waals surface area contributed by atoms with Crippen LogP contribution in [0.25, 0.3) is 32.8 Å². The Balaban J connectivity index is 1.21. The van der Waals surface area contributed by atoms with Crippen LogP contribution >= 0.6 is 0 Å². The van der Waals surface area contributed by atoms with Crippen LogP contribution < -0.4 is 15.0 Å². The van der Waals surface area contributed by atoms with E-state index in [0.717, 1.165) is 109 Å². The smallest absolute Gasteiger partial charge is 0.318 e. The Bertz CT molecular complexity index is 1780. The lowest BCUT2D eigenvalue weighted by molar-refractivity contribution is 0.0231. The Morgan fingerprint density at radius 3 is 2.61 bits per heavy atom. The summed E-state index contributed by atoms with van der Waals surface area (Å²) in [5.74, 6) is 4.00. The average Bonchev–Trinajstić information content (AvgIpc) is 3.72. The van der Waals surface area contributed by atoms with E-state index in [2.05, 4.69) is 40.1 Å². The van der Waals surface area contributed by atoms with Crippen molar-refractivity contribution in [3.8, 4) is 35.2 Å². The molecule has 2 bridgehead atoms. The zero-order chi connectivity index (χ0) is 29.8. The molecule has 4 aliphatic rings. The molecular weight excluding hydrogens is 550 g/mol. The van der Waals surface area contributed by atoms with Gasteiger partial charge >= 0.3 is 6.01 Å². The number of aromatic hydroxyl groups is 1. The van der Waals surface area contributed by atoms with Crippen LogP contribution in [0, 0.1) is 24.7 Å². The molecule has 0 amide bonds. The second kappa shape index (κ2) is 10.9. The molecule has 8 heteroatoms. The van der Waals surface area contributed by atoms with Gasteiger partial charge in [-0.1, -0.05) is 18.1 Å². The number of benzene rings is 3. The van der Waals surface area contributed by atoms with Crippen molar-refractivity contribution in [2.24, 2.45) is 5.41 Å². The van der Waals surface area contributed by atoms with E-state index in [1.165, 1.54) is 12.8 Å². The van der Waals surface area contributed by atoms with E-state index in [-0.39, 0.29) is 11.2 Å². The van der Waals surface area contributed by atoms with Gasteiger partial charge in [-0.2, -0.15) is 9.97 Å². The second-order valence-corrected chi connectivity index (χ2v) is 13.3. The van der Waals surface area contributed by atoms with Crippen LogP contribution in [0.4, 0.5) is 5.82 Å². The first kappa shape index (κ1) is 27.6. The quantitative estimate of drug-likeness (QED) is 0.296. The van der Waals surface area contributed by atoms with Gasteiger partial charge in [0.25, 0.3) is 0 Å². The van der Waals surface area contributed by atoms with Crippen LogP contribution in [0.1, 0.15) is 36.8 Å². The SMILES string of the molecule is C#Cc1cccc2cc(O)cc(-c3cc4nc(OCC5(CN6CCOCC6)CC5)nc(N5CC6CCC(C5)N6)c4cc3C)c12. The number of terminal acetylenes is 1. The summed E-state index contributed by atoms with van der Waals surface area (Å²) in [6.45, 7) is 9.18. The molecule has 8 rings (SSSR count). The lowest BCUT2D eigenvalue weighted by atomic mass is 9.91. The summed E-state index contributed by atoms with van der Waals surface area (Å²) in [7, 11) is 0. The molecule has 4 aromatic rings. The van der Waals surface area contributed by atoms with E-state index in [4.69, 9.17) is 25.9 Å². The Hall–Kier alpha value is -3.90. The maximum atomic E-state index is 10.7. The number of phenols is 1. The van der Waals surface area contributed by atoms with Crippen molar-refractivity contribution in [1.82, 2.24) is 20.2 Å². The molecule has 1 aromatic heterocycles. The molecule has 1 saturated carbocycles. The number of fused-ring (bicyclic) bond motifs is 4. The van der Waals surface area contributed by atoms with Crippen molar-refractivity contribution < 1.29 is 14.6 Å². The van der Waals surface area contributed by atoms with E-state index < -0.39 is 0 Å². The van der Waals surface area contributed by atoms with Crippen molar-refractivity contribution in [2.45, 2.75) is 44.7 Å². The summed E-state index contributed by atoms with van der Waals surface area (Å²) in [4.78, 5) is 15.0. The lowest BCUT2D eigenvalue weighted by Gasteiger charge is -2.34. The summed E-state index contributed by atoms with van der Waals surface area (Å²) in [5.41, 5.74) is 4.77. The molecule has 3 aliphatic heterocycles. The number of nitrogens with one attached hydrogen (secondary N) is 1. The molecule has 0 spiro atoms. The van der Waals surface area contributed by atoms with Crippen LogP contribution in [0.15, 0.2) is 42.5 Å². The molecule has 0 radical (unpaired) electrons. The third kappa shape index (κ3) is 5.13. The molecule has 2 atom stereocenters. The van der Waals surface area contributed by atoms with E-state index in [1.54, 1.807) is 6.07 Å².